The first kappa shape index (κ1) is 22.6. The smallest absolute Gasteiger partial charge is 0.320 e. The number of aromatic nitrogens is 1. The number of nitrogens with zero attached hydrogens (tertiary/aromatic N) is 5. The molecule has 7 nitrogen and oxygen atoms in total. The van der Waals surface area contributed by atoms with E-state index in [4.69, 9.17) is 16.4 Å². The second kappa shape index (κ2) is 10.8. The van der Waals surface area contributed by atoms with Crippen LogP contribution in [0.1, 0.15) is 24.0 Å². The number of piperidine rings is 1. The Morgan fingerprint density at radius 1 is 1.06 bits per heavy atom. The van der Waals surface area contributed by atoms with Gasteiger partial charge >= 0.3 is 6.03 Å². The maximum absolute atomic E-state index is 13.1. The van der Waals surface area contributed by atoms with Crippen molar-refractivity contribution in [1.29, 1.82) is 0 Å². The van der Waals surface area contributed by atoms with E-state index in [2.05, 4.69) is 21.1 Å². The molecule has 0 N–H and O–H groups in total. The lowest BCUT2D eigenvalue weighted by molar-refractivity contribution is 0.102. The van der Waals surface area contributed by atoms with Gasteiger partial charge in [0.15, 0.2) is 0 Å². The van der Waals surface area contributed by atoms with Crippen molar-refractivity contribution in [1.82, 2.24) is 19.7 Å². The molecule has 170 valence electrons. The van der Waals surface area contributed by atoms with Crippen molar-refractivity contribution < 1.29 is 9.63 Å². The molecule has 2 aromatic rings. The first-order valence-electron chi connectivity index (χ1n) is 11.2. The topological polar surface area (TPSA) is 61.3 Å². The predicted molar refractivity (Wildman–Crippen MR) is 126 cm³/mol. The average molecular weight is 456 g/mol. The molecular weight excluding hydrogens is 426 g/mol. The van der Waals surface area contributed by atoms with Gasteiger partial charge in [0.2, 0.25) is 0 Å². The Labute approximate surface area is 194 Å². The standard InChI is InChI=1S/C24H30ClN5O2/c1-32-27-23(20-4-6-22(25)7-5-20)21-8-11-29(12-9-21)24(31)30-15-13-28(14-16-30)18-19-3-2-10-26-17-19/h2-7,10,17,21H,8-9,11-16,18H2,1H3. The van der Waals surface area contributed by atoms with E-state index in [1.807, 2.05) is 46.3 Å². The zero-order valence-corrected chi connectivity index (χ0v) is 19.2. The largest absolute Gasteiger partial charge is 0.399 e. The monoisotopic (exact) mass is 455 g/mol. The highest BCUT2D eigenvalue weighted by Gasteiger charge is 2.31. The molecule has 1 aromatic heterocycles. The van der Waals surface area contributed by atoms with Crippen LogP contribution in [0.2, 0.25) is 5.02 Å². The fraction of sp³-hybridized carbons (Fsp3) is 0.458. The van der Waals surface area contributed by atoms with Crippen LogP contribution in [0.15, 0.2) is 53.9 Å². The van der Waals surface area contributed by atoms with E-state index in [-0.39, 0.29) is 11.9 Å². The summed E-state index contributed by atoms with van der Waals surface area (Å²) in [4.78, 5) is 28.7. The molecule has 0 aliphatic carbocycles. The van der Waals surface area contributed by atoms with Crippen molar-refractivity contribution >= 4 is 23.3 Å². The molecule has 2 aliphatic rings. The van der Waals surface area contributed by atoms with Crippen LogP contribution in [0, 0.1) is 5.92 Å². The van der Waals surface area contributed by atoms with Gasteiger partial charge in [0.25, 0.3) is 0 Å². The fourth-order valence-corrected chi connectivity index (χ4v) is 4.60. The third kappa shape index (κ3) is 5.58. The van der Waals surface area contributed by atoms with Crippen molar-refractivity contribution in [3.8, 4) is 0 Å². The number of oxime groups is 1. The summed E-state index contributed by atoms with van der Waals surface area (Å²) < 4.78 is 0. The quantitative estimate of drug-likeness (QED) is 0.509. The molecule has 2 fully saturated rings. The number of amides is 2. The second-order valence-corrected chi connectivity index (χ2v) is 8.77. The zero-order valence-electron chi connectivity index (χ0n) is 18.5. The van der Waals surface area contributed by atoms with Crippen LogP contribution < -0.4 is 0 Å². The van der Waals surface area contributed by atoms with Crippen LogP contribution in [0.4, 0.5) is 4.79 Å². The molecule has 0 bridgehead atoms. The first-order valence-corrected chi connectivity index (χ1v) is 11.5. The number of halogens is 1. The third-order valence-electron chi connectivity index (χ3n) is 6.25. The molecule has 2 amide bonds. The Balaban J connectivity index is 1.28. The van der Waals surface area contributed by atoms with Crippen molar-refractivity contribution in [2.45, 2.75) is 19.4 Å². The molecule has 2 saturated heterocycles. The Kier molecular flexibility index (Phi) is 7.60. The molecule has 8 heteroatoms. The summed E-state index contributed by atoms with van der Waals surface area (Å²) >= 11 is 6.03. The van der Waals surface area contributed by atoms with E-state index in [1.54, 1.807) is 13.3 Å². The number of carbonyl (C=O) groups is 1. The third-order valence-corrected chi connectivity index (χ3v) is 6.51. The van der Waals surface area contributed by atoms with Gasteiger partial charge in [-0.25, -0.2) is 4.79 Å². The molecule has 0 unspecified atom stereocenters. The summed E-state index contributed by atoms with van der Waals surface area (Å²) in [6.07, 6.45) is 5.45. The average Bonchev–Trinajstić information content (AvgIpc) is 2.84. The van der Waals surface area contributed by atoms with Crippen LogP contribution in [0.3, 0.4) is 0 Å². The van der Waals surface area contributed by atoms with Crippen LogP contribution in [-0.2, 0) is 11.4 Å². The van der Waals surface area contributed by atoms with Crippen molar-refractivity contribution in [2.24, 2.45) is 11.1 Å². The van der Waals surface area contributed by atoms with Crippen molar-refractivity contribution in [3.63, 3.8) is 0 Å². The summed E-state index contributed by atoms with van der Waals surface area (Å²) in [6, 6.07) is 11.9. The number of rotatable bonds is 5. The van der Waals surface area contributed by atoms with Crippen molar-refractivity contribution in [2.75, 3.05) is 46.4 Å². The Morgan fingerprint density at radius 3 is 2.38 bits per heavy atom. The molecule has 0 radical (unpaired) electrons. The van der Waals surface area contributed by atoms with Gasteiger partial charge in [-0.05, 0) is 42.2 Å². The Hall–Kier alpha value is -2.64. The molecule has 1 aromatic carbocycles. The predicted octanol–water partition coefficient (Wildman–Crippen LogP) is 3.74. The number of urea groups is 1. The normalized spacial score (nSPS) is 18.6. The van der Waals surface area contributed by atoms with E-state index in [9.17, 15) is 4.79 Å². The van der Waals surface area contributed by atoms with Gasteiger partial charge in [0, 0.05) is 69.1 Å². The van der Waals surface area contributed by atoms with E-state index < -0.39 is 0 Å². The van der Waals surface area contributed by atoms with Crippen LogP contribution in [0.5, 0.6) is 0 Å². The minimum Gasteiger partial charge on any atom is -0.399 e. The van der Waals surface area contributed by atoms with Gasteiger partial charge in [-0.3, -0.25) is 9.88 Å². The minimum absolute atomic E-state index is 0.154. The lowest BCUT2D eigenvalue weighted by atomic mass is 9.88. The number of hydrogen-bond acceptors (Lipinski definition) is 5. The van der Waals surface area contributed by atoms with Gasteiger partial charge in [-0.1, -0.05) is 35.0 Å². The van der Waals surface area contributed by atoms with Gasteiger partial charge in [0.05, 0.1) is 5.71 Å². The number of piperazine rings is 1. The molecule has 32 heavy (non-hydrogen) atoms. The van der Waals surface area contributed by atoms with E-state index >= 15 is 0 Å². The van der Waals surface area contributed by atoms with Crippen LogP contribution >= 0.6 is 11.6 Å². The number of carbonyl (C=O) groups excluding carboxylic acids is 1. The SMILES string of the molecule is CON=C(c1ccc(Cl)cc1)C1CCN(C(=O)N2CCN(Cc3cccnc3)CC2)CC1. The number of likely N-dealkylation sites (tertiary alicyclic amines) is 1. The molecule has 0 spiro atoms. The number of hydrogen-bond donors (Lipinski definition) is 0. The van der Waals surface area contributed by atoms with Crippen LogP contribution in [0.25, 0.3) is 0 Å². The number of benzene rings is 1. The molecule has 4 rings (SSSR count). The summed E-state index contributed by atoms with van der Waals surface area (Å²) in [5.41, 5.74) is 3.16. The maximum atomic E-state index is 13.1. The van der Waals surface area contributed by atoms with Crippen LogP contribution in [-0.4, -0.2) is 77.8 Å². The number of pyridine rings is 1. The Morgan fingerprint density at radius 2 is 1.75 bits per heavy atom. The van der Waals surface area contributed by atoms with E-state index in [0.717, 1.165) is 69.9 Å². The highest BCUT2D eigenvalue weighted by molar-refractivity contribution is 6.30. The lowest BCUT2D eigenvalue weighted by Crippen LogP contribution is -2.54. The van der Waals surface area contributed by atoms with Gasteiger partial charge in [0.1, 0.15) is 7.11 Å². The van der Waals surface area contributed by atoms with Gasteiger partial charge in [-0.15, -0.1) is 0 Å². The molecule has 0 atom stereocenters. The summed E-state index contributed by atoms with van der Waals surface area (Å²) in [5, 5.41) is 5.00. The zero-order chi connectivity index (χ0) is 22.3. The molecular formula is C24H30ClN5O2. The molecule has 2 aliphatic heterocycles. The minimum atomic E-state index is 0.154. The Bertz CT molecular complexity index is 906. The molecule has 0 saturated carbocycles. The van der Waals surface area contributed by atoms with E-state index in [0.29, 0.717) is 5.02 Å². The lowest BCUT2D eigenvalue weighted by Gasteiger charge is -2.39. The highest BCUT2D eigenvalue weighted by atomic mass is 35.5. The first-order chi connectivity index (χ1) is 15.6. The fourth-order valence-electron chi connectivity index (χ4n) is 4.47. The maximum Gasteiger partial charge on any atom is 0.320 e. The second-order valence-electron chi connectivity index (χ2n) is 8.33. The van der Waals surface area contributed by atoms with Gasteiger partial charge in [-0.2, -0.15) is 0 Å². The van der Waals surface area contributed by atoms with Crippen molar-refractivity contribution in [3.05, 3.63) is 64.9 Å². The summed E-state index contributed by atoms with van der Waals surface area (Å²) in [6.45, 7) is 5.65. The summed E-state index contributed by atoms with van der Waals surface area (Å²) in [7, 11) is 1.57. The van der Waals surface area contributed by atoms with E-state index in [1.165, 1.54) is 5.56 Å². The van der Waals surface area contributed by atoms with Gasteiger partial charge < -0.3 is 14.6 Å². The summed E-state index contributed by atoms with van der Waals surface area (Å²) in [5.74, 6) is 0.261. The highest BCUT2D eigenvalue weighted by Crippen LogP contribution is 2.25. The molecule has 3 heterocycles.